The van der Waals surface area contributed by atoms with Gasteiger partial charge in [0.25, 0.3) is 0 Å². The second kappa shape index (κ2) is 13.0. The van der Waals surface area contributed by atoms with E-state index >= 15 is 0 Å². The number of nitrogens with one attached hydrogen (secondary N) is 3. The Hall–Kier alpha value is -5.23. The first-order valence-corrected chi connectivity index (χ1v) is 14.7. The first kappa shape index (κ1) is 30.2. The third kappa shape index (κ3) is 6.87. The van der Waals surface area contributed by atoms with Crippen LogP contribution in [0.15, 0.2) is 72.5 Å². The van der Waals surface area contributed by atoms with Gasteiger partial charge in [0, 0.05) is 28.4 Å². The molecule has 0 aliphatic carbocycles. The minimum absolute atomic E-state index is 0.212. The largest absolute Gasteiger partial charge is 0.492 e. The number of anilines is 4. The average molecular weight is 613 g/mol. The number of aromatic nitrogens is 3. The lowest BCUT2D eigenvalue weighted by molar-refractivity contribution is 0.0520. The number of esters is 1. The molecule has 5 rings (SSSR count). The number of hydrogen-bond donors (Lipinski definition) is 3. The summed E-state index contributed by atoms with van der Waals surface area (Å²) in [5, 5.41) is 12.8. The molecule has 44 heavy (non-hydrogen) atoms. The van der Waals surface area contributed by atoms with E-state index in [2.05, 4.69) is 51.7 Å². The van der Waals surface area contributed by atoms with Gasteiger partial charge in [-0.2, -0.15) is 0 Å². The number of nitrogens with zero attached hydrogens (tertiary/aromatic N) is 3. The lowest BCUT2D eigenvalue weighted by Crippen LogP contribution is -2.21. The molecule has 3 aromatic carbocycles. The van der Waals surface area contributed by atoms with Crippen molar-refractivity contribution in [3.8, 4) is 17.4 Å². The maximum atomic E-state index is 13.4. The van der Waals surface area contributed by atoms with Crippen LogP contribution in [-0.4, -0.2) is 40.7 Å². The fourth-order valence-electron chi connectivity index (χ4n) is 4.41. The molecule has 226 valence electrons. The molecule has 11 nitrogen and oxygen atoms in total. The molecule has 0 saturated carbocycles. The summed E-state index contributed by atoms with van der Waals surface area (Å²) < 4.78 is 16.8. The summed E-state index contributed by atoms with van der Waals surface area (Å²) in [6.45, 7) is 8.21. The number of carbonyl (C=O) groups is 2. The van der Waals surface area contributed by atoms with Crippen LogP contribution in [-0.2, 0) is 10.2 Å². The van der Waals surface area contributed by atoms with E-state index in [9.17, 15) is 9.59 Å². The average Bonchev–Trinajstić information content (AvgIpc) is 3.47. The van der Waals surface area contributed by atoms with Gasteiger partial charge in [0.1, 0.15) is 12.1 Å². The highest BCUT2D eigenvalue weighted by Crippen LogP contribution is 2.41. The SMILES string of the molecule is CCOC(=O)c1csc(Nc2cc(C(C)(C)C)cc(NC(=O)Nc3ccc(Oc4ccncn4)c4ccccc34)c2OC)n1. The monoisotopic (exact) mass is 612 g/mol. The van der Waals surface area contributed by atoms with Gasteiger partial charge in [-0.1, -0.05) is 45.0 Å². The first-order chi connectivity index (χ1) is 21.2. The highest BCUT2D eigenvalue weighted by atomic mass is 32.1. The lowest BCUT2D eigenvalue weighted by atomic mass is 9.86. The van der Waals surface area contributed by atoms with Gasteiger partial charge in [0.2, 0.25) is 5.88 Å². The van der Waals surface area contributed by atoms with Crippen LogP contribution in [0.2, 0.25) is 0 Å². The molecule has 0 atom stereocenters. The topological polar surface area (TPSA) is 137 Å². The minimum Gasteiger partial charge on any atom is -0.492 e. The molecule has 0 bridgehead atoms. The molecule has 0 spiro atoms. The molecular formula is C32H32N6O5S. The number of fused-ring (bicyclic) bond motifs is 1. The zero-order valence-electron chi connectivity index (χ0n) is 24.9. The third-order valence-corrected chi connectivity index (χ3v) is 7.30. The third-order valence-electron chi connectivity index (χ3n) is 6.54. The van der Waals surface area contributed by atoms with Crippen molar-refractivity contribution in [3.05, 3.63) is 83.8 Å². The molecule has 0 unspecified atom stereocenters. The maximum Gasteiger partial charge on any atom is 0.357 e. The van der Waals surface area contributed by atoms with Gasteiger partial charge >= 0.3 is 12.0 Å². The van der Waals surface area contributed by atoms with Crippen molar-refractivity contribution >= 4 is 56.3 Å². The molecule has 0 aliphatic heterocycles. The second-order valence-electron chi connectivity index (χ2n) is 10.6. The molecule has 0 saturated heterocycles. The number of methoxy groups -OCH3 is 1. The number of carbonyl (C=O) groups excluding carboxylic acids is 2. The van der Waals surface area contributed by atoms with Crippen molar-refractivity contribution in [2.75, 3.05) is 29.7 Å². The van der Waals surface area contributed by atoms with Crippen LogP contribution in [0.25, 0.3) is 10.8 Å². The predicted molar refractivity (Wildman–Crippen MR) is 172 cm³/mol. The summed E-state index contributed by atoms with van der Waals surface area (Å²) in [5.74, 6) is 0.911. The van der Waals surface area contributed by atoms with Crippen LogP contribution in [0.4, 0.5) is 27.0 Å². The Bertz CT molecular complexity index is 1800. The first-order valence-electron chi connectivity index (χ1n) is 13.8. The van der Waals surface area contributed by atoms with Crippen molar-refractivity contribution in [2.24, 2.45) is 0 Å². The van der Waals surface area contributed by atoms with E-state index in [4.69, 9.17) is 14.2 Å². The highest BCUT2D eigenvalue weighted by Gasteiger charge is 2.22. The molecule has 0 fully saturated rings. The quantitative estimate of drug-likeness (QED) is 0.143. The Balaban J connectivity index is 1.43. The van der Waals surface area contributed by atoms with E-state index in [0.29, 0.717) is 39.6 Å². The molecule has 5 aromatic rings. The second-order valence-corrected chi connectivity index (χ2v) is 11.5. The van der Waals surface area contributed by atoms with Crippen molar-refractivity contribution in [1.82, 2.24) is 15.0 Å². The van der Waals surface area contributed by atoms with Crippen LogP contribution in [0, 0.1) is 0 Å². The summed E-state index contributed by atoms with van der Waals surface area (Å²) >= 11 is 1.26. The van der Waals surface area contributed by atoms with E-state index < -0.39 is 12.0 Å². The van der Waals surface area contributed by atoms with Gasteiger partial charge < -0.3 is 30.2 Å². The number of urea groups is 1. The summed E-state index contributed by atoms with van der Waals surface area (Å²) in [6.07, 6.45) is 3.02. The smallest absolute Gasteiger partial charge is 0.357 e. The number of amides is 2. The van der Waals surface area contributed by atoms with Gasteiger partial charge in [0.05, 0.1) is 30.8 Å². The summed E-state index contributed by atoms with van der Waals surface area (Å²) in [6, 6.07) is 16.2. The fourth-order valence-corrected chi connectivity index (χ4v) is 5.10. The predicted octanol–water partition coefficient (Wildman–Crippen LogP) is 7.75. The zero-order valence-corrected chi connectivity index (χ0v) is 25.7. The standard InChI is InChI=1S/C32H32N6O5S/c1-6-42-29(39)25-17-44-31(38-25)37-24-16-19(32(2,3)4)15-23(28(24)41-5)36-30(40)35-22-11-12-26(21-10-8-7-9-20(21)22)43-27-13-14-33-18-34-27/h7-18H,6H2,1-5H3,(H,37,38)(H2,35,36,40). The van der Waals surface area contributed by atoms with Crippen LogP contribution in [0.3, 0.4) is 0 Å². The Morgan fingerprint density at radius 2 is 1.70 bits per heavy atom. The lowest BCUT2D eigenvalue weighted by Gasteiger charge is -2.24. The Kier molecular flexibility index (Phi) is 8.91. The Morgan fingerprint density at radius 1 is 0.955 bits per heavy atom. The van der Waals surface area contributed by atoms with Crippen LogP contribution >= 0.6 is 11.3 Å². The molecule has 0 aliphatic rings. The van der Waals surface area contributed by atoms with Gasteiger partial charge in [-0.15, -0.1) is 11.3 Å². The number of rotatable bonds is 9. The molecule has 0 radical (unpaired) electrons. The van der Waals surface area contributed by atoms with Gasteiger partial charge in [-0.25, -0.2) is 24.5 Å². The van der Waals surface area contributed by atoms with Crippen molar-refractivity contribution < 1.29 is 23.8 Å². The van der Waals surface area contributed by atoms with E-state index in [1.54, 1.807) is 36.7 Å². The number of hydrogen-bond acceptors (Lipinski definition) is 10. The number of benzene rings is 3. The Labute approximate surface area is 258 Å². The molecule has 2 heterocycles. The summed E-state index contributed by atoms with van der Waals surface area (Å²) in [7, 11) is 1.52. The van der Waals surface area contributed by atoms with Gasteiger partial charge in [0.15, 0.2) is 16.6 Å². The normalized spacial score (nSPS) is 11.1. The molecule has 2 aromatic heterocycles. The minimum atomic E-state index is -0.493. The van der Waals surface area contributed by atoms with Crippen molar-refractivity contribution in [2.45, 2.75) is 33.1 Å². The summed E-state index contributed by atoms with van der Waals surface area (Å²) in [4.78, 5) is 38.0. The maximum absolute atomic E-state index is 13.4. The van der Waals surface area contributed by atoms with E-state index in [1.165, 1.54) is 24.8 Å². The van der Waals surface area contributed by atoms with E-state index in [1.807, 2.05) is 36.4 Å². The van der Waals surface area contributed by atoms with Gasteiger partial charge in [-0.05, 0) is 42.2 Å². The van der Waals surface area contributed by atoms with Gasteiger partial charge in [-0.3, -0.25) is 0 Å². The van der Waals surface area contributed by atoms with Crippen molar-refractivity contribution in [1.29, 1.82) is 0 Å². The fraction of sp³-hybridized carbons (Fsp3) is 0.219. The van der Waals surface area contributed by atoms with E-state index in [0.717, 1.165) is 16.3 Å². The molecule has 2 amide bonds. The highest BCUT2D eigenvalue weighted by molar-refractivity contribution is 7.14. The van der Waals surface area contributed by atoms with Crippen molar-refractivity contribution in [3.63, 3.8) is 0 Å². The van der Waals surface area contributed by atoms with E-state index in [-0.39, 0.29) is 17.7 Å². The Morgan fingerprint density at radius 3 is 2.41 bits per heavy atom. The van der Waals surface area contributed by atoms with Crippen LogP contribution in [0.1, 0.15) is 43.7 Å². The molecular weight excluding hydrogens is 580 g/mol. The number of thiazole rings is 1. The number of ether oxygens (including phenoxy) is 3. The van der Waals surface area contributed by atoms with Crippen LogP contribution < -0.4 is 25.4 Å². The molecule has 12 heteroatoms. The summed E-state index contributed by atoms with van der Waals surface area (Å²) in [5.41, 5.74) is 2.52. The van der Waals surface area contributed by atoms with Crippen LogP contribution in [0.5, 0.6) is 17.4 Å². The zero-order chi connectivity index (χ0) is 31.3. The molecule has 3 N–H and O–H groups in total.